The van der Waals surface area contributed by atoms with Crippen LogP contribution in [-0.4, -0.2) is 25.5 Å². The van der Waals surface area contributed by atoms with Crippen molar-refractivity contribution in [3.63, 3.8) is 0 Å². The highest BCUT2D eigenvalue weighted by Gasteiger charge is 2.20. The lowest BCUT2D eigenvalue weighted by atomic mass is 10.1. The average Bonchev–Trinajstić information content (AvgIpc) is 3.44. The van der Waals surface area contributed by atoms with Gasteiger partial charge in [-0.1, -0.05) is 12.1 Å². The van der Waals surface area contributed by atoms with Gasteiger partial charge in [0, 0.05) is 35.6 Å². The summed E-state index contributed by atoms with van der Waals surface area (Å²) in [7, 11) is 0. The van der Waals surface area contributed by atoms with Gasteiger partial charge in [0.15, 0.2) is 17.4 Å². The van der Waals surface area contributed by atoms with Gasteiger partial charge in [0.25, 0.3) is 5.91 Å². The molecule has 182 valence electrons. The quantitative estimate of drug-likeness (QED) is 0.285. The Morgan fingerprint density at radius 2 is 1.71 bits per heavy atom. The summed E-state index contributed by atoms with van der Waals surface area (Å²) in [6.07, 6.45) is 5.02. The van der Waals surface area contributed by atoms with Crippen molar-refractivity contribution in [3.8, 4) is 5.75 Å². The van der Waals surface area contributed by atoms with Crippen LogP contribution in [0.25, 0.3) is 0 Å². The lowest BCUT2D eigenvalue weighted by molar-refractivity contribution is 0.102. The van der Waals surface area contributed by atoms with Gasteiger partial charge in [-0.05, 0) is 31.5 Å². The number of amides is 1. The maximum absolute atomic E-state index is 13.7. The highest BCUT2D eigenvalue weighted by Crippen LogP contribution is 2.27. The second kappa shape index (κ2) is 10.00. The molecule has 0 bridgehead atoms. The number of hydrogen-bond acceptors (Lipinski definition) is 4. The second-order valence-electron chi connectivity index (χ2n) is 7.73. The Kier molecular flexibility index (Phi) is 6.85. The molecule has 4 aromatic rings. The van der Waals surface area contributed by atoms with Crippen LogP contribution in [0.2, 0.25) is 0 Å². The Balaban J connectivity index is 1.36. The summed E-state index contributed by atoms with van der Waals surface area (Å²) in [6.45, 7) is 4.91. The predicted molar refractivity (Wildman–Crippen MR) is 119 cm³/mol. The third-order valence-corrected chi connectivity index (χ3v) is 5.40. The van der Waals surface area contributed by atoms with Gasteiger partial charge in [0.1, 0.15) is 6.61 Å². The van der Waals surface area contributed by atoms with Crippen molar-refractivity contribution in [2.24, 2.45) is 0 Å². The van der Waals surface area contributed by atoms with Gasteiger partial charge in [0.05, 0.1) is 24.6 Å². The Bertz CT molecular complexity index is 1340. The van der Waals surface area contributed by atoms with Crippen LogP contribution in [0, 0.1) is 30.2 Å². The highest BCUT2D eigenvalue weighted by atomic mass is 19.2. The Morgan fingerprint density at radius 3 is 2.34 bits per heavy atom. The molecule has 7 nitrogen and oxygen atoms in total. The summed E-state index contributed by atoms with van der Waals surface area (Å²) in [5.74, 6) is -7.87. The van der Waals surface area contributed by atoms with Crippen molar-refractivity contribution >= 4 is 11.6 Å². The molecule has 0 atom stereocenters. The molecule has 0 spiro atoms. The number of nitrogens with zero attached hydrogens (tertiary/aromatic N) is 4. The first kappa shape index (κ1) is 24.0. The van der Waals surface area contributed by atoms with E-state index in [9.17, 15) is 22.4 Å². The fourth-order valence-electron chi connectivity index (χ4n) is 3.44. The van der Waals surface area contributed by atoms with E-state index in [2.05, 4.69) is 15.5 Å². The zero-order valence-electron chi connectivity index (χ0n) is 18.9. The Hall–Kier alpha value is -4.15. The topological polar surface area (TPSA) is 74.0 Å². The summed E-state index contributed by atoms with van der Waals surface area (Å²) < 4.78 is 62.5. The van der Waals surface area contributed by atoms with E-state index in [0.717, 1.165) is 17.8 Å². The number of aromatic nitrogens is 4. The number of carbonyl (C=O) groups excluding carboxylic acids is 1. The molecule has 0 saturated heterocycles. The molecule has 0 fully saturated rings. The zero-order chi connectivity index (χ0) is 25.1. The van der Waals surface area contributed by atoms with E-state index >= 15 is 0 Å². The minimum Gasteiger partial charge on any atom is -0.483 e. The lowest BCUT2D eigenvalue weighted by Gasteiger charge is -2.10. The van der Waals surface area contributed by atoms with Gasteiger partial charge >= 0.3 is 0 Å². The number of carbonyl (C=O) groups is 1. The van der Waals surface area contributed by atoms with Crippen LogP contribution in [0.1, 0.15) is 34.1 Å². The summed E-state index contributed by atoms with van der Waals surface area (Å²) >= 11 is 0. The maximum atomic E-state index is 13.7. The van der Waals surface area contributed by atoms with E-state index < -0.39 is 34.9 Å². The fraction of sp³-hybridized carbons (Fsp3) is 0.208. The van der Waals surface area contributed by atoms with Crippen molar-refractivity contribution in [2.45, 2.75) is 33.5 Å². The van der Waals surface area contributed by atoms with Crippen LogP contribution in [0.15, 0.2) is 48.9 Å². The number of benzene rings is 2. The maximum Gasteiger partial charge on any atom is 0.255 e. The lowest BCUT2D eigenvalue weighted by Crippen LogP contribution is -2.11. The van der Waals surface area contributed by atoms with E-state index in [4.69, 9.17) is 4.74 Å². The van der Waals surface area contributed by atoms with E-state index in [1.165, 1.54) is 30.5 Å². The van der Waals surface area contributed by atoms with Crippen LogP contribution >= 0.6 is 0 Å². The third-order valence-electron chi connectivity index (χ3n) is 5.40. The smallest absolute Gasteiger partial charge is 0.255 e. The minimum atomic E-state index is -1.62. The number of halogens is 4. The molecule has 4 rings (SSSR count). The summed E-state index contributed by atoms with van der Waals surface area (Å²) in [6, 6.07) is 6.07. The van der Waals surface area contributed by atoms with Crippen LogP contribution < -0.4 is 10.1 Å². The van der Waals surface area contributed by atoms with Gasteiger partial charge in [-0.3, -0.25) is 14.2 Å². The van der Waals surface area contributed by atoms with Crippen LogP contribution in [0.5, 0.6) is 5.75 Å². The van der Waals surface area contributed by atoms with E-state index in [1.807, 2.05) is 18.5 Å². The van der Waals surface area contributed by atoms with Crippen molar-refractivity contribution in [1.82, 2.24) is 19.6 Å². The first-order valence-electron chi connectivity index (χ1n) is 10.7. The molecular weight excluding hydrogens is 466 g/mol. The number of anilines is 1. The van der Waals surface area contributed by atoms with Gasteiger partial charge in [-0.2, -0.15) is 19.0 Å². The van der Waals surface area contributed by atoms with Crippen LogP contribution in [0.4, 0.5) is 23.2 Å². The largest absolute Gasteiger partial charge is 0.483 e. The summed E-state index contributed by atoms with van der Waals surface area (Å²) in [5.41, 5.74) is 3.32. The number of rotatable bonds is 8. The van der Waals surface area contributed by atoms with E-state index in [1.54, 1.807) is 17.1 Å². The molecular formula is C24H21F4N5O2. The van der Waals surface area contributed by atoms with Crippen molar-refractivity contribution in [1.29, 1.82) is 0 Å². The monoisotopic (exact) mass is 487 g/mol. The highest BCUT2D eigenvalue weighted by molar-refractivity contribution is 6.04. The average molecular weight is 487 g/mol. The minimum absolute atomic E-state index is 0.107. The molecule has 1 N–H and O–H groups in total. The standard InChI is InChI=1S/C24H21F4N5O2/c1-3-33-14(2)17(9-30-33)11-32-12-18(10-29-32)31-24(34)16-6-4-15(5-7-16)13-35-23-21(27)19(25)8-20(26)22(23)28/h4-10,12H,3,11,13H2,1-2H3,(H,31,34). The van der Waals surface area contributed by atoms with Crippen molar-refractivity contribution < 1.29 is 27.1 Å². The molecule has 2 aromatic heterocycles. The molecule has 0 aliphatic rings. The Labute approximate surface area is 197 Å². The number of nitrogens with one attached hydrogen (secondary N) is 1. The normalized spacial score (nSPS) is 11.0. The molecule has 0 aliphatic carbocycles. The van der Waals surface area contributed by atoms with Gasteiger partial charge in [-0.25, -0.2) is 8.78 Å². The third kappa shape index (κ3) is 5.18. The first-order chi connectivity index (χ1) is 16.8. The molecule has 35 heavy (non-hydrogen) atoms. The molecule has 11 heteroatoms. The molecule has 1 amide bonds. The molecule has 2 heterocycles. The molecule has 0 unspecified atom stereocenters. The SMILES string of the molecule is CCn1ncc(Cn2cc(NC(=O)c3ccc(COc4c(F)c(F)cc(F)c4F)cc3)cn2)c1C. The van der Waals surface area contributed by atoms with Gasteiger partial charge in [-0.15, -0.1) is 0 Å². The van der Waals surface area contributed by atoms with E-state index in [-0.39, 0.29) is 12.7 Å². The molecule has 2 aromatic carbocycles. The summed E-state index contributed by atoms with van der Waals surface area (Å²) in [5, 5.41) is 11.3. The second-order valence-corrected chi connectivity index (χ2v) is 7.73. The van der Waals surface area contributed by atoms with Crippen molar-refractivity contribution in [3.05, 3.63) is 94.6 Å². The van der Waals surface area contributed by atoms with Gasteiger partial charge < -0.3 is 10.1 Å². The zero-order valence-corrected chi connectivity index (χ0v) is 18.9. The number of hydrogen-bond donors (Lipinski definition) is 1. The van der Waals surface area contributed by atoms with Crippen molar-refractivity contribution in [2.75, 3.05) is 5.32 Å². The first-order valence-corrected chi connectivity index (χ1v) is 10.7. The van der Waals surface area contributed by atoms with Crippen LogP contribution in [0.3, 0.4) is 0 Å². The number of aryl methyl sites for hydroxylation is 1. The molecule has 0 radical (unpaired) electrons. The number of ether oxygens (including phenoxy) is 1. The van der Waals surface area contributed by atoms with Gasteiger partial charge in [0.2, 0.25) is 11.6 Å². The Morgan fingerprint density at radius 1 is 1.03 bits per heavy atom. The molecule has 0 aliphatic heterocycles. The molecule has 0 saturated carbocycles. The predicted octanol–water partition coefficient (Wildman–Crippen LogP) is 4.84. The summed E-state index contributed by atoms with van der Waals surface area (Å²) in [4.78, 5) is 12.6. The van der Waals surface area contributed by atoms with Crippen LogP contribution in [-0.2, 0) is 19.7 Å². The fourth-order valence-corrected chi connectivity index (χ4v) is 3.44. The van der Waals surface area contributed by atoms with E-state index in [0.29, 0.717) is 23.4 Å².